The quantitative estimate of drug-likeness (QED) is 0.744. The molecule has 0 aliphatic rings. The lowest BCUT2D eigenvalue weighted by Crippen LogP contribution is -1.95. The number of nitrogen functional groups attached to an aromatic ring is 1. The Bertz CT molecular complexity index is 577. The van der Waals surface area contributed by atoms with E-state index in [1.54, 1.807) is 6.07 Å². The monoisotopic (exact) mass is 233 g/mol. The van der Waals surface area contributed by atoms with Crippen LogP contribution in [0.25, 0.3) is 11.1 Å². The van der Waals surface area contributed by atoms with Crippen LogP contribution in [-0.2, 0) is 0 Å². The summed E-state index contributed by atoms with van der Waals surface area (Å²) in [6.07, 6.45) is 0. The summed E-state index contributed by atoms with van der Waals surface area (Å²) < 4.78 is 26.1. The smallest absolute Gasteiger partial charge is 0.159 e. The van der Waals surface area contributed by atoms with Crippen LogP contribution in [0.3, 0.4) is 0 Å². The van der Waals surface area contributed by atoms with Crippen LogP contribution in [0.1, 0.15) is 11.1 Å². The van der Waals surface area contributed by atoms with E-state index in [4.69, 9.17) is 5.73 Å². The number of anilines is 1. The van der Waals surface area contributed by atoms with E-state index in [0.29, 0.717) is 11.3 Å². The van der Waals surface area contributed by atoms with Gasteiger partial charge in [-0.05, 0) is 54.3 Å². The zero-order valence-electron chi connectivity index (χ0n) is 9.72. The third-order valence-electron chi connectivity index (χ3n) is 2.82. The molecule has 0 bridgehead atoms. The van der Waals surface area contributed by atoms with Gasteiger partial charge in [-0.2, -0.15) is 0 Å². The number of halogens is 2. The van der Waals surface area contributed by atoms with Crippen LogP contribution in [0.2, 0.25) is 0 Å². The lowest BCUT2D eigenvalue weighted by Gasteiger charge is -2.10. The molecule has 0 aromatic heterocycles. The molecule has 2 rings (SSSR count). The van der Waals surface area contributed by atoms with Crippen LogP contribution < -0.4 is 5.73 Å². The Morgan fingerprint density at radius 3 is 2.29 bits per heavy atom. The fourth-order valence-electron chi connectivity index (χ4n) is 1.85. The SMILES string of the molecule is Cc1cc(N)c(C)c(-c2ccc(F)c(F)c2)c1. The average molecular weight is 233 g/mol. The van der Waals surface area contributed by atoms with Crippen molar-refractivity contribution in [3.05, 3.63) is 53.1 Å². The minimum absolute atomic E-state index is 0.636. The van der Waals surface area contributed by atoms with Crippen LogP contribution in [0.4, 0.5) is 14.5 Å². The number of aryl methyl sites for hydroxylation is 1. The van der Waals surface area contributed by atoms with Crippen molar-refractivity contribution in [1.29, 1.82) is 0 Å². The predicted molar refractivity (Wildman–Crippen MR) is 65.7 cm³/mol. The van der Waals surface area contributed by atoms with Gasteiger partial charge >= 0.3 is 0 Å². The Morgan fingerprint density at radius 1 is 0.941 bits per heavy atom. The largest absolute Gasteiger partial charge is 0.398 e. The Morgan fingerprint density at radius 2 is 1.65 bits per heavy atom. The molecule has 0 spiro atoms. The molecule has 0 aliphatic heterocycles. The first-order valence-corrected chi connectivity index (χ1v) is 5.31. The third-order valence-corrected chi connectivity index (χ3v) is 2.82. The molecule has 0 heterocycles. The Balaban J connectivity index is 2.64. The van der Waals surface area contributed by atoms with Crippen molar-refractivity contribution >= 4 is 5.69 Å². The maximum Gasteiger partial charge on any atom is 0.159 e. The Kier molecular flexibility index (Phi) is 2.84. The van der Waals surface area contributed by atoms with E-state index in [2.05, 4.69) is 0 Å². The molecule has 17 heavy (non-hydrogen) atoms. The van der Waals surface area contributed by atoms with Gasteiger partial charge in [0.05, 0.1) is 0 Å². The Hall–Kier alpha value is -1.90. The van der Waals surface area contributed by atoms with E-state index in [1.165, 1.54) is 6.07 Å². The first kappa shape index (κ1) is 11.6. The minimum atomic E-state index is -0.845. The van der Waals surface area contributed by atoms with E-state index in [9.17, 15) is 8.78 Å². The molecule has 0 radical (unpaired) electrons. The van der Waals surface area contributed by atoms with E-state index < -0.39 is 11.6 Å². The molecular weight excluding hydrogens is 220 g/mol. The number of benzene rings is 2. The van der Waals surface area contributed by atoms with Crippen molar-refractivity contribution in [2.75, 3.05) is 5.73 Å². The molecule has 0 unspecified atom stereocenters. The molecule has 0 atom stereocenters. The molecule has 2 aromatic carbocycles. The summed E-state index contributed by atoms with van der Waals surface area (Å²) in [6, 6.07) is 7.65. The van der Waals surface area contributed by atoms with Crippen LogP contribution in [0.15, 0.2) is 30.3 Å². The fourth-order valence-corrected chi connectivity index (χ4v) is 1.85. The molecule has 0 saturated heterocycles. The summed E-state index contributed by atoms with van der Waals surface area (Å²) in [5, 5.41) is 0. The average Bonchev–Trinajstić information content (AvgIpc) is 2.27. The first-order chi connectivity index (χ1) is 7.99. The van der Waals surface area contributed by atoms with Crippen LogP contribution in [0, 0.1) is 25.5 Å². The van der Waals surface area contributed by atoms with Gasteiger partial charge in [-0.1, -0.05) is 12.1 Å². The maximum absolute atomic E-state index is 13.2. The highest BCUT2D eigenvalue weighted by Gasteiger charge is 2.09. The highest BCUT2D eigenvalue weighted by molar-refractivity contribution is 5.73. The second kappa shape index (κ2) is 4.17. The minimum Gasteiger partial charge on any atom is -0.398 e. The summed E-state index contributed by atoms with van der Waals surface area (Å²) >= 11 is 0. The highest BCUT2D eigenvalue weighted by Crippen LogP contribution is 2.29. The van der Waals surface area contributed by atoms with Crippen molar-refractivity contribution in [2.45, 2.75) is 13.8 Å². The number of hydrogen-bond acceptors (Lipinski definition) is 1. The van der Waals surface area contributed by atoms with Crippen molar-refractivity contribution in [1.82, 2.24) is 0 Å². The molecule has 0 amide bonds. The lowest BCUT2D eigenvalue weighted by atomic mass is 9.97. The zero-order valence-corrected chi connectivity index (χ0v) is 9.72. The molecule has 1 nitrogen and oxygen atoms in total. The fraction of sp³-hybridized carbons (Fsp3) is 0.143. The third kappa shape index (κ3) is 2.13. The van der Waals surface area contributed by atoms with Gasteiger partial charge in [0.25, 0.3) is 0 Å². The lowest BCUT2D eigenvalue weighted by molar-refractivity contribution is 0.509. The number of rotatable bonds is 1. The second-order valence-corrected chi connectivity index (χ2v) is 4.16. The molecule has 0 saturated carbocycles. The van der Waals surface area contributed by atoms with Gasteiger partial charge in [0.2, 0.25) is 0 Å². The molecule has 0 aliphatic carbocycles. The molecule has 0 fully saturated rings. The van der Waals surface area contributed by atoms with Crippen molar-refractivity contribution in [2.24, 2.45) is 0 Å². The first-order valence-electron chi connectivity index (χ1n) is 5.31. The van der Waals surface area contributed by atoms with Gasteiger partial charge in [-0.15, -0.1) is 0 Å². The predicted octanol–water partition coefficient (Wildman–Crippen LogP) is 3.83. The molecule has 2 N–H and O–H groups in total. The van der Waals surface area contributed by atoms with Crippen molar-refractivity contribution in [3.63, 3.8) is 0 Å². The number of nitrogens with two attached hydrogens (primary N) is 1. The van der Waals surface area contributed by atoms with Crippen LogP contribution in [-0.4, -0.2) is 0 Å². The summed E-state index contributed by atoms with van der Waals surface area (Å²) in [5.74, 6) is -1.69. The van der Waals surface area contributed by atoms with Crippen LogP contribution in [0.5, 0.6) is 0 Å². The van der Waals surface area contributed by atoms with Gasteiger partial charge in [0.15, 0.2) is 11.6 Å². The van der Waals surface area contributed by atoms with Gasteiger partial charge in [-0.3, -0.25) is 0 Å². The molecule has 2 aromatic rings. The highest BCUT2D eigenvalue weighted by atomic mass is 19.2. The maximum atomic E-state index is 13.2. The molecule has 3 heteroatoms. The summed E-state index contributed by atoms with van der Waals surface area (Å²) in [4.78, 5) is 0. The standard InChI is InChI=1S/C14H13F2N/c1-8-5-11(9(2)14(17)6-8)10-3-4-12(15)13(16)7-10/h3-7H,17H2,1-2H3. The summed E-state index contributed by atoms with van der Waals surface area (Å²) in [5.41, 5.74) is 9.86. The normalized spacial score (nSPS) is 10.6. The van der Waals surface area contributed by atoms with Gasteiger partial charge in [-0.25, -0.2) is 8.78 Å². The summed E-state index contributed by atoms with van der Waals surface area (Å²) in [6.45, 7) is 3.78. The second-order valence-electron chi connectivity index (χ2n) is 4.16. The van der Waals surface area contributed by atoms with Crippen molar-refractivity contribution in [3.8, 4) is 11.1 Å². The van der Waals surface area contributed by atoms with Crippen molar-refractivity contribution < 1.29 is 8.78 Å². The van der Waals surface area contributed by atoms with Gasteiger partial charge < -0.3 is 5.73 Å². The zero-order chi connectivity index (χ0) is 12.6. The summed E-state index contributed by atoms with van der Waals surface area (Å²) in [7, 11) is 0. The van der Waals surface area contributed by atoms with Gasteiger partial charge in [0.1, 0.15) is 0 Å². The topological polar surface area (TPSA) is 26.0 Å². The van der Waals surface area contributed by atoms with E-state index in [-0.39, 0.29) is 0 Å². The van der Waals surface area contributed by atoms with E-state index >= 15 is 0 Å². The number of hydrogen-bond donors (Lipinski definition) is 1. The molecular formula is C14H13F2N. The van der Waals surface area contributed by atoms with E-state index in [1.807, 2.05) is 26.0 Å². The van der Waals surface area contributed by atoms with Crippen LogP contribution >= 0.6 is 0 Å². The van der Waals surface area contributed by atoms with Gasteiger partial charge in [0, 0.05) is 5.69 Å². The Labute approximate surface area is 98.9 Å². The van der Waals surface area contributed by atoms with E-state index in [0.717, 1.165) is 22.8 Å². The molecule has 88 valence electrons.